The zero-order valence-electron chi connectivity index (χ0n) is 14.5. The number of ether oxygens (including phenoxy) is 1. The largest absolute Gasteiger partial charge is 0.459 e. The Balaban J connectivity index is 1.83. The molecule has 23 heavy (non-hydrogen) atoms. The van der Waals surface area contributed by atoms with Gasteiger partial charge in [0.25, 0.3) is 0 Å². The van der Waals surface area contributed by atoms with Gasteiger partial charge in [0, 0.05) is 13.1 Å². The van der Waals surface area contributed by atoms with E-state index in [0.717, 1.165) is 19.3 Å². The van der Waals surface area contributed by atoms with Gasteiger partial charge in [-0.05, 0) is 51.2 Å². The lowest BCUT2D eigenvalue weighted by Gasteiger charge is -2.27. The number of fused-ring (bicyclic) bond motifs is 1. The van der Waals surface area contributed by atoms with Gasteiger partial charge < -0.3 is 15.4 Å². The Morgan fingerprint density at radius 1 is 1.30 bits per heavy atom. The van der Waals surface area contributed by atoms with Crippen LogP contribution in [0.2, 0.25) is 0 Å². The molecule has 2 rings (SSSR count). The Bertz CT molecular complexity index is 576. The second-order valence-electron chi connectivity index (χ2n) is 6.86. The number of esters is 1. The number of rotatable bonds is 3. The number of guanidine groups is 1. The van der Waals surface area contributed by atoms with Crippen LogP contribution in [0.1, 0.15) is 38.3 Å². The third-order valence-corrected chi connectivity index (χ3v) is 3.73. The summed E-state index contributed by atoms with van der Waals surface area (Å²) in [5, 5.41) is 6.42. The van der Waals surface area contributed by atoms with Gasteiger partial charge in [-0.1, -0.05) is 24.3 Å². The molecule has 1 aromatic carbocycles. The van der Waals surface area contributed by atoms with Crippen molar-refractivity contribution in [1.82, 2.24) is 10.6 Å². The van der Waals surface area contributed by atoms with Crippen molar-refractivity contribution < 1.29 is 9.53 Å². The molecule has 0 heterocycles. The fraction of sp³-hybridized carbons (Fsp3) is 0.556. The Morgan fingerprint density at radius 3 is 2.65 bits per heavy atom. The van der Waals surface area contributed by atoms with Gasteiger partial charge >= 0.3 is 5.97 Å². The van der Waals surface area contributed by atoms with Crippen molar-refractivity contribution in [3.8, 4) is 0 Å². The predicted octanol–water partition coefficient (Wildman–Crippen LogP) is 2.05. The van der Waals surface area contributed by atoms with Gasteiger partial charge in [-0.25, -0.2) is 0 Å². The molecule has 0 amide bonds. The minimum atomic E-state index is -0.469. The molecule has 1 unspecified atom stereocenters. The number of hydrogen-bond donors (Lipinski definition) is 2. The van der Waals surface area contributed by atoms with Crippen molar-refractivity contribution in [2.24, 2.45) is 4.99 Å². The van der Waals surface area contributed by atoms with E-state index in [1.165, 1.54) is 11.1 Å². The second-order valence-corrected chi connectivity index (χ2v) is 6.86. The van der Waals surface area contributed by atoms with E-state index in [2.05, 4.69) is 39.9 Å². The highest BCUT2D eigenvalue weighted by atomic mass is 16.6. The third-order valence-electron chi connectivity index (χ3n) is 3.73. The van der Waals surface area contributed by atoms with Crippen LogP contribution in [-0.4, -0.2) is 37.2 Å². The molecule has 1 atom stereocenters. The first-order chi connectivity index (χ1) is 10.9. The van der Waals surface area contributed by atoms with Gasteiger partial charge in [-0.3, -0.25) is 9.79 Å². The van der Waals surface area contributed by atoms with Gasteiger partial charge in [0.2, 0.25) is 0 Å². The van der Waals surface area contributed by atoms with Crippen molar-refractivity contribution in [2.45, 2.75) is 51.7 Å². The summed E-state index contributed by atoms with van der Waals surface area (Å²) in [6, 6.07) is 8.88. The van der Waals surface area contributed by atoms with Gasteiger partial charge in [0.1, 0.15) is 12.1 Å². The maximum Gasteiger partial charge on any atom is 0.325 e. The third kappa shape index (κ3) is 5.58. The number of benzene rings is 1. The van der Waals surface area contributed by atoms with Crippen molar-refractivity contribution in [3.05, 3.63) is 35.4 Å². The van der Waals surface area contributed by atoms with Gasteiger partial charge in [-0.2, -0.15) is 0 Å². The lowest BCUT2D eigenvalue weighted by Crippen LogP contribution is -2.47. The van der Waals surface area contributed by atoms with E-state index < -0.39 is 5.60 Å². The Hall–Kier alpha value is -2.04. The maximum atomic E-state index is 11.8. The van der Waals surface area contributed by atoms with Crippen LogP contribution in [0.25, 0.3) is 0 Å². The molecule has 0 bridgehead atoms. The lowest BCUT2D eigenvalue weighted by molar-refractivity contribution is -0.153. The van der Waals surface area contributed by atoms with Crippen LogP contribution in [0.5, 0.6) is 0 Å². The number of carbonyl (C=O) groups is 1. The minimum Gasteiger partial charge on any atom is -0.459 e. The highest BCUT2D eigenvalue weighted by molar-refractivity contribution is 5.84. The van der Waals surface area contributed by atoms with Gasteiger partial charge in [0.05, 0.1) is 0 Å². The molecule has 0 radical (unpaired) electrons. The average Bonchev–Trinajstić information content (AvgIpc) is 2.49. The van der Waals surface area contributed by atoms with E-state index in [-0.39, 0.29) is 12.5 Å². The normalized spacial score (nSPS) is 18.1. The number of nitrogens with one attached hydrogen (secondary N) is 2. The SMILES string of the molecule is CN=C(NCC(=O)OC(C)(C)C)NC1CCc2ccccc2C1. The Labute approximate surface area is 138 Å². The van der Waals surface area contributed by atoms with Crippen LogP contribution in [0.15, 0.2) is 29.3 Å². The lowest BCUT2D eigenvalue weighted by atomic mass is 9.88. The summed E-state index contributed by atoms with van der Waals surface area (Å²) >= 11 is 0. The molecule has 0 aliphatic heterocycles. The number of carbonyl (C=O) groups excluding carboxylic acids is 1. The average molecular weight is 317 g/mol. The van der Waals surface area contributed by atoms with E-state index in [1.807, 2.05) is 20.8 Å². The molecule has 2 N–H and O–H groups in total. The van der Waals surface area contributed by atoms with Crippen LogP contribution >= 0.6 is 0 Å². The summed E-state index contributed by atoms with van der Waals surface area (Å²) in [6.07, 6.45) is 3.10. The summed E-state index contributed by atoms with van der Waals surface area (Å²) < 4.78 is 5.28. The molecular formula is C18H27N3O2. The summed E-state index contributed by atoms with van der Waals surface area (Å²) in [5.41, 5.74) is 2.35. The number of aliphatic imine (C=N–C) groups is 1. The summed E-state index contributed by atoms with van der Waals surface area (Å²) in [5.74, 6) is 0.356. The zero-order valence-corrected chi connectivity index (χ0v) is 14.5. The van der Waals surface area contributed by atoms with Crippen molar-refractivity contribution in [3.63, 3.8) is 0 Å². The second kappa shape index (κ2) is 7.49. The van der Waals surface area contributed by atoms with Crippen LogP contribution in [-0.2, 0) is 22.4 Å². The summed E-state index contributed by atoms with van der Waals surface area (Å²) in [6.45, 7) is 5.69. The van der Waals surface area contributed by atoms with Gasteiger partial charge in [-0.15, -0.1) is 0 Å². The van der Waals surface area contributed by atoms with Crippen LogP contribution in [0.4, 0.5) is 0 Å². The van der Waals surface area contributed by atoms with E-state index in [0.29, 0.717) is 12.0 Å². The molecule has 126 valence electrons. The Kier molecular flexibility index (Phi) is 5.64. The topological polar surface area (TPSA) is 62.7 Å². The minimum absolute atomic E-state index is 0.111. The summed E-state index contributed by atoms with van der Waals surface area (Å²) in [4.78, 5) is 16.0. The molecule has 1 aromatic rings. The Morgan fingerprint density at radius 2 is 2.00 bits per heavy atom. The maximum absolute atomic E-state index is 11.8. The van der Waals surface area contributed by atoms with Crippen molar-refractivity contribution in [1.29, 1.82) is 0 Å². The number of aryl methyl sites for hydroxylation is 1. The van der Waals surface area contributed by atoms with Gasteiger partial charge in [0.15, 0.2) is 5.96 Å². The predicted molar refractivity (Wildman–Crippen MR) is 92.6 cm³/mol. The van der Waals surface area contributed by atoms with Crippen LogP contribution < -0.4 is 10.6 Å². The molecule has 5 nitrogen and oxygen atoms in total. The fourth-order valence-electron chi connectivity index (χ4n) is 2.74. The van der Waals surface area contributed by atoms with Crippen molar-refractivity contribution >= 4 is 11.9 Å². The molecule has 0 saturated heterocycles. The van der Waals surface area contributed by atoms with Crippen LogP contribution in [0.3, 0.4) is 0 Å². The highest BCUT2D eigenvalue weighted by Gasteiger charge is 2.20. The van der Waals surface area contributed by atoms with Crippen LogP contribution in [0, 0.1) is 0 Å². The molecule has 1 aliphatic rings. The molecule has 0 saturated carbocycles. The first kappa shape index (κ1) is 17.3. The van der Waals surface area contributed by atoms with E-state index in [4.69, 9.17) is 4.74 Å². The molecule has 5 heteroatoms. The molecule has 1 aliphatic carbocycles. The van der Waals surface area contributed by atoms with E-state index in [9.17, 15) is 4.79 Å². The smallest absolute Gasteiger partial charge is 0.325 e. The fourth-order valence-corrected chi connectivity index (χ4v) is 2.74. The monoisotopic (exact) mass is 317 g/mol. The number of hydrogen-bond acceptors (Lipinski definition) is 3. The molecule has 0 fully saturated rings. The van der Waals surface area contributed by atoms with E-state index >= 15 is 0 Å². The first-order valence-corrected chi connectivity index (χ1v) is 8.13. The van der Waals surface area contributed by atoms with E-state index in [1.54, 1.807) is 7.05 Å². The quantitative estimate of drug-likeness (QED) is 0.509. The zero-order chi connectivity index (χ0) is 16.9. The first-order valence-electron chi connectivity index (χ1n) is 8.13. The highest BCUT2D eigenvalue weighted by Crippen LogP contribution is 2.20. The standard InChI is InChI=1S/C18H27N3O2/c1-18(2,3)23-16(22)12-20-17(19-4)21-15-10-9-13-7-5-6-8-14(13)11-15/h5-8,15H,9-12H2,1-4H3,(H2,19,20,21). The molecule has 0 spiro atoms. The summed E-state index contributed by atoms with van der Waals surface area (Å²) in [7, 11) is 1.71. The molecule has 0 aromatic heterocycles. The molecular weight excluding hydrogens is 290 g/mol. The number of nitrogens with zero attached hydrogens (tertiary/aromatic N) is 1. The van der Waals surface area contributed by atoms with Crippen molar-refractivity contribution in [2.75, 3.05) is 13.6 Å².